The van der Waals surface area contributed by atoms with Gasteiger partial charge < -0.3 is 23.9 Å². The van der Waals surface area contributed by atoms with Gasteiger partial charge in [-0.3, -0.25) is 14.7 Å². The number of carboxylic acids is 1. The Hall–Kier alpha value is -4.95. The van der Waals surface area contributed by atoms with E-state index in [-0.39, 0.29) is 13.2 Å². The lowest BCUT2D eigenvalue weighted by molar-refractivity contribution is -0.144. The number of aliphatic carboxylic acids is 1. The van der Waals surface area contributed by atoms with Crippen molar-refractivity contribution in [3.63, 3.8) is 0 Å². The highest BCUT2D eigenvalue weighted by atomic mass is 35.5. The van der Waals surface area contributed by atoms with E-state index < -0.39 is 12.0 Å². The Morgan fingerprint density at radius 3 is 2.63 bits per heavy atom. The topological polar surface area (TPSA) is 125 Å². The SMILES string of the molecule is Cc1c(COc2cc(OCc3cncc(C#N)c3)c(CN3CCCC[C@H]3C(=O)O)cc2Cl)cccc1-c1ccc2oc(C3CCN(C)CC3)nc2c1. The van der Waals surface area contributed by atoms with Crippen molar-refractivity contribution in [1.29, 1.82) is 5.26 Å². The minimum atomic E-state index is -0.830. The molecule has 1 atom stereocenters. The van der Waals surface area contributed by atoms with E-state index >= 15 is 0 Å². The summed E-state index contributed by atoms with van der Waals surface area (Å²) < 4.78 is 18.9. The van der Waals surface area contributed by atoms with Crippen LogP contribution in [0.25, 0.3) is 22.2 Å². The number of carboxylic acid groups (broad SMARTS) is 1. The molecule has 11 heteroatoms. The summed E-state index contributed by atoms with van der Waals surface area (Å²) in [5, 5.41) is 19.6. The average molecular weight is 720 g/mol. The summed E-state index contributed by atoms with van der Waals surface area (Å²) in [6.07, 6.45) is 7.65. The molecule has 7 rings (SSSR count). The summed E-state index contributed by atoms with van der Waals surface area (Å²) in [6, 6.07) is 19.2. The Kier molecular flexibility index (Phi) is 10.7. The van der Waals surface area contributed by atoms with Crippen LogP contribution < -0.4 is 9.47 Å². The Labute approximate surface area is 308 Å². The summed E-state index contributed by atoms with van der Waals surface area (Å²) in [5.41, 5.74) is 7.83. The number of nitriles is 1. The van der Waals surface area contributed by atoms with Crippen molar-refractivity contribution in [1.82, 2.24) is 19.8 Å². The molecule has 0 amide bonds. The lowest BCUT2D eigenvalue weighted by atomic mass is 9.96. The van der Waals surface area contributed by atoms with Crippen LogP contribution in [0.4, 0.5) is 0 Å². The lowest BCUT2D eigenvalue weighted by Crippen LogP contribution is -2.44. The fourth-order valence-electron chi connectivity index (χ4n) is 7.26. The number of oxazole rings is 1. The molecule has 5 aromatic rings. The monoisotopic (exact) mass is 719 g/mol. The van der Waals surface area contributed by atoms with Gasteiger partial charge in [-0.05, 0) is 106 Å². The van der Waals surface area contributed by atoms with Gasteiger partial charge in [0.05, 0.1) is 10.6 Å². The number of piperidine rings is 2. The minimum Gasteiger partial charge on any atom is -0.488 e. The van der Waals surface area contributed by atoms with Crippen molar-refractivity contribution < 1.29 is 23.8 Å². The molecule has 0 spiro atoms. The predicted molar refractivity (Wildman–Crippen MR) is 198 cm³/mol. The van der Waals surface area contributed by atoms with Crippen LogP contribution in [0.1, 0.15) is 71.7 Å². The van der Waals surface area contributed by atoms with Crippen LogP contribution >= 0.6 is 11.6 Å². The van der Waals surface area contributed by atoms with Gasteiger partial charge >= 0.3 is 5.97 Å². The number of likely N-dealkylation sites (tertiary alicyclic amines) is 2. The van der Waals surface area contributed by atoms with E-state index in [0.29, 0.717) is 47.5 Å². The highest BCUT2D eigenvalue weighted by molar-refractivity contribution is 6.32. The largest absolute Gasteiger partial charge is 0.488 e. The quantitative estimate of drug-likeness (QED) is 0.143. The van der Waals surface area contributed by atoms with Gasteiger partial charge in [0.25, 0.3) is 0 Å². The highest BCUT2D eigenvalue weighted by Gasteiger charge is 2.29. The van der Waals surface area contributed by atoms with Crippen molar-refractivity contribution >= 4 is 28.7 Å². The number of hydrogen-bond donors (Lipinski definition) is 1. The van der Waals surface area contributed by atoms with Crippen molar-refractivity contribution in [3.05, 3.63) is 106 Å². The molecule has 2 aromatic heterocycles. The number of nitrogens with zero attached hydrogens (tertiary/aromatic N) is 5. The Morgan fingerprint density at radius 1 is 1.00 bits per heavy atom. The van der Waals surface area contributed by atoms with Crippen LogP contribution in [0.15, 0.2) is 71.4 Å². The van der Waals surface area contributed by atoms with Crippen molar-refractivity contribution in [2.75, 3.05) is 26.7 Å². The molecule has 1 N–H and O–H groups in total. The number of benzene rings is 3. The van der Waals surface area contributed by atoms with E-state index in [1.54, 1.807) is 24.4 Å². The number of pyridine rings is 1. The third-order valence-corrected chi connectivity index (χ3v) is 10.6. The normalized spacial score (nSPS) is 17.2. The first-order valence-electron chi connectivity index (χ1n) is 17.8. The second-order valence-corrected chi connectivity index (χ2v) is 14.3. The van der Waals surface area contributed by atoms with E-state index in [0.717, 1.165) is 89.1 Å². The first kappa shape index (κ1) is 35.5. The van der Waals surface area contributed by atoms with E-state index in [4.69, 9.17) is 30.5 Å². The molecule has 4 heterocycles. The van der Waals surface area contributed by atoms with Crippen LogP contribution in [0.2, 0.25) is 5.02 Å². The predicted octanol–water partition coefficient (Wildman–Crippen LogP) is 8.13. The summed E-state index contributed by atoms with van der Waals surface area (Å²) in [6.45, 7) is 5.65. The summed E-state index contributed by atoms with van der Waals surface area (Å²) in [4.78, 5) is 25.4. The number of ether oxygens (including phenoxy) is 2. The van der Waals surface area contributed by atoms with Gasteiger partial charge in [-0.2, -0.15) is 5.26 Å². The molecule has 0 unspecified atom stereocenters. The standard InChI is InChI=1S/C41H42ClN5O5/c1-26-31(6-5-7-33(26)30-9-10-37-35(18-30)45-40(52-37)29-11-14-46(2)15-12-29)25-51-39-19-38(50-24-28-16-27(20-43)21-44-22-28)32(17-34(39)42)23-47-13-4-3-8-36(47)41(48)49/h5-7,9-10,16-19,21-22,29,36H,3-4,8,11-15,23-25H2,1-2H3,(H,48,49)/t36-/m0/s1. The van der Waals surface area contributed by atoms with Gasteiger partial charge in [0, 0.05) is 42.0 Å². The maximum atomic E-state index is 12.1. The maximum absolute atomic E-state index is 12.1. The molecule has 2 saturated heterocycles. The molecule has 0 saturated carbocycles. The zero-order valence-electron chi connectivity index (χ0n) is 29.5. The molecule has 2 aliphatic heterocycles. The van der Waals surface area contributed by atoms with Gasteiger partial charge in [-0.1, -0.05) is 42.3 Å². The number of hydrogen-bond acceptors (Lipinski definition) is 9. The van der Waals surface area contributed by atoms with Gasteiger partial charge in [0.2, 0.25) is 0 Å². The first-order valence-corrected chi connectivity index (χ1v) is 18.2. The Balaban J connectivity index is 1.12. The highest BCUT2D eigenvalue weighted by Crippen LogP contribution is 2.37. The van der Waals surface area contributed by atoms with E-state index in [9.17, 15) is 15.2 Å². The van der Waals surface area contributed by atoms with Gasteiger partial charge in [0.1, 0.15) is 42.3 Å². The number of halogens is 1. The van der Waals surface area contributed by atoms with E-state index in [1.807, 2.05) is 23.1 Å². The maximum Gasteiger partial charge on any atom is 0.320 e. The molecule has 52 heavy (non-hydrogen) atoms. The molecule has 0 radical (unpaired) electrons. The summed E-state index contributed by atoms with van der Waals surface area (Å²) >= 11 is 6.85. The summed E-state index contributed by atoms with van der Waals surface area (Å²) in [5.74, 6) is 1.33. The van der Waals surface area contributed by atoms with Crippen LogP contribution in [0, 0.1) is 18.3 Å². The third-order valence-electron chi connectivity index (χ3n) is 10.3. The van der Waals surface area contributed by atoms with Gasteiger partial charge in [-0.15, -0.1) is 0 Å². The molecular weight excluding hydrogens is 678 g/mol. The zero-order chi connectivity index (χ0) is 36.2. The van der Waals surface area contributed by atoms with E-state index in [1.165, 1.54) is 6.20 Å². The molecule has 10 nitrogen and oxygen atoms in total. The van der Waals surface area contributed by atoms with E-state index in [2.05, 4.69) is 48.1 Å². The zero-order valence-corrected chi connectivity index (χ0v) is 30.2. The first-order chi connectivity index (χ1) is 25.2. The Bertz CT molecular complexity index is 2120. The molecule has 268 valence electrons. The smallest absolute Gasteiger partial charge is 0.320 e. The van der Waals surface area contributed by atoms with Gasteiger partial charge in [-0.25, -0.2) is 4.98 Å². The number of carbonyl (C=O) groups is 1. The van der Waals surface area contributed by atoms with Crippen molar-refractivity contribution in [2.45, 2.75) is 70.7 Å². The minimum absolute atomic E-state index is 0.162. The van der Waals surface area contributed by atoms with Crippen LogP contribution in [-0.4, -0.2) is 63.6 Å². The number of fused-ring (bicyclic) bond motifs is 1. The second kappa shape index (κ2) is 15.7. The fraction of sp³-hybridized carbons (Fsp3) is 0.366. The van der Waals surface area contributed by atoms with Crippen molar-refractivity contribution in [3.8, 4) is 28.7 Å². The fourth-order valence-corrected chi connectivity index (χ4v) is 7.50. The van der Waals surface area contributed by atoms with Crippen LogP contribution in [-0.2, 0) is 24.6 Å². The molecule has 2 aliphatic rings. The Morgan fingerprint density at radius 2 is 1.83 bits per heavy atom. The molecule has 2 fully saturated rings. The number of aromatic nitrogens is 2. The second-order valence-electron chi connectivity index (χ2n) is 13.9. The van der Waals surface area contributed by atoms with Gasteiger partial charge in [0.15, 0.2) is 11.5 Å². The number of rotatable bonds is 11. The molecule has 0 aliphatic carbocycles. The van der Waals surface area contributed by atoms with Crippen molar-refractivity contribution in [2.24, 2.45) is 0 Å². The molecule has 3 aromatic carbocycles. The summed E-state index contributed by atoms with van der Waals surface area (Å²) in [7, 11) is 2.15. The third kappa shape index (κ3) is 7.92. The van der Waals surface area contributed by atoms with Crippen LogP contribution in [0.3, 0.4) is 0 Å². The molecule has 0 bridgehead atoms. The van der Waals surface area contributed by atoms with Crippen LogP contribution in [0.5, 0.6) is 11.5 Å². The molecular formula is C41H42ClN5O5. The lowest BCUT2D eigenvalue weighted by Gasteiger charge is -2.33. The average Bonchev–Trinajstić information content (AvgIpc) is 3.59.